The van der Waals surface area contributed by atoms with E-state index in [4.69, 9.17) is 0 Å². The van der Waals surface area contributed by atoms with Gasteiger partial charge >= 0.3 is 0 Å². The highest BCUT2D eigenvalue weighted by molar-refractivity contribution is 5.57. The number of nitrogens with one attached hydrogen (secondary N) is 1. The molecule has 86 valence electrons. The SMILES string of the molecule is CCNc1cncc(N2CC3CCC2C3)c1. The van der Waals surface area contributed by atoms with Crippen LogP contribution in [0.1, 0.15) is 26.2 Å². The van der Waals surface area contributed by atoms with Crippen LogP contribution in [0.15, 0.2) is 18.5 Å². The van der Waals surface area contributed by atoms with Gasteiger partial charge in [-0.25, -0.2) is 0 Å². The second-order valence-electron chi connectivity index (χ2n) is 4.95. The van der Waals surface area contributed by atoms with E-state index in [1.165, 1.54) is 31.5 Å². The second-order valence-corrected chi connectivity index (χ2v) is 4.95. The average Bonchev–Trinajstić information content (AvgIpc) is 2.91. The third kappa shape index (κ3) is 1.64. The molecule has 16 heavy (non-hydrogen) atoms. The molecule has 2 bridgehead atoms. The van der Waals surface area contributed by atoms with Crippen LogP contribution in [-0.2, 0) is 0 Å². The molecule has 2 heterocycles. The summed E-state index contributed by atoms with van der Waals surface area (Å²) in [6, 6.07) is 3.01. The zero-order valence-electron chi connectivity index (χ0n) is 9.82. The fourth-order valence-corrected chi connectivity index (χ4v) is 3.13. The van der Waals surface area contributed by atoms with E-state index in [0.717, 1.165) is 24.2 Å². The molecule has 3 heteroatoms. The van der Waals surface area contributed by atoms with Crippen molar-refractivity contribution in [3.63, 3.8) is 0 Å². The number of hydrogen-bond donors (Lipinski definition) is 1. The molecule has 0 aromatic carbocycles. The first-order chi connectivity index (χ1) is 7.86. The largest absolute Gasteiger partial charge is 0.384 e. The van der Waals surface area contributed by atoms with Crippen molar-refractivity contribution in [1.29, 1.82) is 0 Å². The van der Waals surface area contributed by atoms with Crippen molar-refractivity contribution in [3.05, 3.63) is 18.5 Å². The van der Waals surface area contributed by atoms with Crippen LogP contribution >= 0.6 is 0 Å². The number of aromatic nitrogens is 1. The van der Waals surface area contributed by atoms with Crippen LogP contribution in [0.4, 0.5) is 11.4 Å². The molecule has 2 fully saturated rings. The van der Waals surface area contributed by atoms with Crippen LogP contribution in [0.5, 0.6) is 0 Å². The monoisotopic (exact) mass is 217 g/mol. The summed E-state index contributed by atoms with van der Waals surface area (Å²) in [5.41, 5.74) is 2.44. The van der Waals surface area contributed by atoms with Gasteiger partial charge in [-0.2, -0.15) is 0 Å². The van der Waals surface area contributed by atoms with E-state index in [2.05, 4.69) is 28.2 Å². The molecular formula is C13H19N3. The lowest BCUT2D eigenvalue weighted by Gasteiger charge is -2.29. The molecule has 2 aliphatic rings. The molecule has 0 radical (unpaired) electrons. The Morgan fingerprint density at radius 3 is 3.06 bits per heavy atom. The van der Waals surface area contributed by atoms with E-state index in [0.29, 0.717) is 0 Å². The van der Waals surface area contributed by atoms with E-state index in [9.17, 15) is 0 Å². The molecule has 1 aromatic rings. The summed E-state index contributed by atoms with van der Waals surface area (Å²) in [6.07, 6.45) is 8.10. The van der Waals surface area contributed by atoms with Gasteiger partial charge in [0.2, 0.25) is 0 Å². The number of rotatable bonds is 3. The van der Waals surface area contributed by atoms with Crippen molar-refractivity contribution in [2.75, 3.05) is 23.3 Å². The number of fused-ring (bicyclic) bond motifs is 2. The molecular weight excluding hydrogens is 198 g/mol. The van der Waals surface area contributed by atoms with Crippen LogP contribution in [0.3, 0.4) is 0 Å². The molecule has 0 spiro atoms. The van der Waals surface area contributed by atoms with Gasteiger partial charge in [0.15, 0.2) is 0 Å². The van der Waals surface area contributed by atoms with Crippen molar-refractivity contribution in [3.8, 4) is 0 Å². The summed E-state index contributed by atoms with van der Waals surface area (Å²) in [6.45, 7) is 4.31. The summed E-state index contributed by atoms with van der Waals surface area (Å²) < 4.78 is 0. The fourth-order valence-electron chi connectivity index (χ4n) is 3.13. The number of hydrogen-bond acceptors (Lipinski definition) is 3. The molecule has 1 N–H and O–H groups in total. The Morgan fingerprint density at radius 1 is 1.44 bits per heavy atom. The Balaban J connectivity index is 1.81. The van der Waals surface area contributed by atoms with Crippen molar-refractivity contribution in [2.24, 2.45) is 5.92 Å². The van der Waals surface area contributed by atoms with Crippen LogP contribution in [-0.4, -0.2) is 24.1 Å². The highest BCUT2D eigenvalue weighted by Crippen LogP contribution is 2.40. The van der Waals surface area contributed by atoms with Gasteiger partial charge in [-0.1, -0.05) is 0 Å². The number of nitrogens with zero attached hydrogens (tertiary/aromatic N) is 2. The standard InChI is InChI=1S/C13H19N3/c1-2-15-11-6-13(8-14-7-11)16-9-10-3-4-12(16)5-10/h6-8,10,12,15H,2-5,9H2,1H3. The van der Waals surface area contributed by atoms with E-state index in [1.807, 2.05) is 12.4 Å². The molecule has 1 aliphatic heterocycles. The van der Waals surface area contributed by atoms with Crippen LogP contribution < -0.4 is 10.2 Å². The summed E-state index contributed by atoms with van der Waals surface area (Å²) in [7, 11) is 0. The van der Waals surface area contributed by atoms with Crippen LogP contribution in [0.25, 0.3) is 0 Å². The van der Waals surface area contributed by atoms with E-state index >= 15 is 0 Å². The van der Waals surface area contributed by atoms with Crippen molar-refractivity contribution < 1.29 is 0 Å². The van der Waals surface area contributed by atoms with Gasteiger partial charge in [0.25, 0.3) is 0 Å². The van der Waals surface area contributed by atoms with Gasteiger partial charge in [0.05, 0.1) is 23.8 Å². The van der Waals surface area contributed by atoms with E-state index in [-0.39, 0.29) is 0 Å². The first-order valence-corrected chi connectivity index (χ1v) is 6.32. The summed E-state index contributed by atoms with van der Waals surface area (Å²) >= 11 is 0. The highest BCUT2D eigenvalue weighted by Gasteiger charge is 2.37. The number of pyridine rings is 1. The Bertz CT molecular complexity index is 377. The third-order valence-corrected chi connectivity index (χ3v) is 3.85. The molecule has 1 saturated carbocycles. The van der Waals surface area contributed by atoms with Crippen molar-refractivity contribution in [2.45, 2.75) is 32.2 Å². The maximum Gasteiger partial charge on any atom is 0.0576 e. The van der Waals surface area contributed by atoms with E-state index < -0.39 is 0 Å². The van der Waals surface area contributed by atoms with Crippen molar-refractivity contribution in [1.82, 2.24) is 4.98 Å². The molecule has 2 atom stereocenters. The lowest BCUT2D eigenvalue weighted by Crippen LogP contribution is -2.31. The van der Waals surface area contributed by atoms with Gasteiger partial charge in [-0.05, 0) is 38.2 Å². The lowest BCUT2D eigenvalue weighted by atomic mass is 10.1. The Hall–Kier alpha value is -1.25. The lowest BCUT2D eigenvalue weighted by molar-refractivity contribution is 0.553. The minimum atomic E-state index is 0.781. The molecule has 3 nitrogen and oxygen atoms in total. The quantitative estimate of drug-likeness (QED) is 0.843. The zero-order chi connectivity index (χ0) is 11.0. The minimum absolute atomic E-state index is 0.781. The summed E-state index contributed by atoms with van der Waals surface area (Å²) in [5, 5.41) is 3.33. The summed E-state index contributed by atoms with van der Waals surface area (Å²) in [4.78, 5) is 6.87. The maximum absolute atomic E-state index is 4.33. The fraction of sp³-hybridized carbons (Fsp3) is 0.615. The topological polar surface area (TPSA) is 28.2 Å². The molecule has 3 rings (SSSR count). The first kappa shape index (κ1) is 9.94. The number of anilines is 2. The maximum atomic E-state index is 4.33. The molecule has 0 amide bonds. The van der Waals surface area contributed by atoms with Gasteiger partial charge in [-0.15, -0.1) is 0 Å². The van der Waals surface area contributed by atoms with Crippen LogP contribution in [0.2, 0.25) is 0 Å². The first-order valence-electron chi connectivity index (χ1n) is 6.32. The minimum Gasteiger partial charge on any atom is -0.384 e. The number of piperidine rings is 1. The second kappa shape index (κ2) is 3.96. The third-order valence-electron chi connectivity index (χ3n) is 3.85. The Morgan fingerprint density at radius 2 is 2.38 bits per heavy atom. The smallest absolute Gasteiger partial charge is 0.0576 e. The summed E-state index contributed by atoms with van der Waals surface area (Å²) in [5.74, 6) is 0.938. The van der Waals surface area contributed by atoms with Gasteiger partial charge in [0, 0.05) is 19.1 Å². The van der Waals surface area contributed by atoms with E-state index in [1.54, 1.807) is 0 Å². The zero-order valence-corrected chi connectivity index (χ0v) is 9.82. The highest BCUT2D eigenvalue weighted by atomic mass is 15.2. The average molecular weight is 217 g/mol. The molecule has 1 aliphatic carbocycles. The van der Waals surface area contributed by atoms with Gasteiger partial charge in [0.1, 0.15) is 0 Å². The molecule has 1 aromatic heterocycles. The normalized spacial score (nSPS) is 27.4. The van der Waals surface area contributed by atoms with Gasteiger partial charge in [-0.3, -0.25) is 4.98 Å². The molecule has 1 saturated heterocycles. The molecule has 2 unspecified atom stereocenters. The predicted molar refractivity (Wildman–Crippen MR) is 66.9 cm³/mol. The van der Waals surface area contributed by atoms with Crippen LogP contribution in [0, 0.1) is 5.92 Å². The van der Waals surface area contributed by atoms with Crippen molar-refractivity contribution >= 4 is 11.4 Å². The Labute approximate surface area is 96.9 Å². The van der Waals surface area contributed by atoms with Gasteiger partial charge < -0.3 is 10.2 Å². The Kier molecular flexibility index (Phi) is 2.46. The predicted octanol–water partition coefficient (Wildman–Crippen LogP) is 2.50.